The van der Waals surface area contributed by atoms with Crippen molar-refractivity contribution < 1.29 is 0 Å². The molecule has 0 heterocycles. The lowest BCUT2D eigenvalue weighted by Crippen LogP contribution is -1.98. The summed E-state index contributed by atoms with van der Waals surface area (Å²) in [6.45, 7) is 2.29. The van der Waals surface area contributed by atoms with E-state index in [9.17, 15) is 0 Å². The van der Waals surface area contributed by atoms with E-state index in [1.807, 2.05) is 0 Å². The first kappa shape index (κ1) is 10.0. The van der Waals surface area contributed by atoms with Crippen molar-refractivity contribution in [2.24, 2.45) is 11.8 Å². The number of hydrogen-bond donors (Lipinski definition) is 0. The zero-order chi connectivity index (χ0) is 9.80. The van der Waals surface area contributed by atoms with Gasteiger partial charge in [0.05, 0.1) is 0 Å². The van der Waals surface area contributed by atoms with E-state index in [4.69, 9.17) is 0 Å². The Balaban J connectivity index is 1.78. The fraction of sp³-hybridized carbons (Fsp3) is 0.714. The average molecular weight is 190 g/mol. The molecule has 0 bridgehead atoms. The van der Waals surface area contributed by atoms with Crippen LogP contribution in [0.25, 0.3) is 0 Å². The Morgan fingerprint density at radius 1 is 1.36 bits per heavy atom. The molecule has 14 heavy (non-hydrogen) atoms. The van der Waals surface area contributed by atoms with Crippen LogP contribution in [0.3, 0.4) is 0 Å². The summed E-state index contributed by atoms with van der Waals surface area (Å²) in [5.41, 5.74) is 1.74. The van der Waals surface area contributed by atoms with Gasteiger partial charge < -0.3 is 0 Å². The molecule has 2 atom stereocenters. The van der Waals surface area contributed by atoms with Crippen LogP contribution < -0.4 is 0 Å². The third kappa shape index (κ3) is 2.29. The summed E-state index contributed by atoms with van der Waals surface area (Å²) in [5, 5.41) is 0. The van der Waals surface area contributed by atoms with E-state index in [-0.39, 0.29) is 0 Å². The molecule has 0 aromatic carbocycles. The minimum atomic E-state index is 0.923. The molecule has 1 fully saturated rings. The van der Waals surface area contributed by atoms with Crippen LogP contribution in [0, 0.1) is 11.8 Å². The first-order valence-electron chi connectivity index (χ1n) is 6.25. The van der Waals surface area contributed by atoms with Crippen molar-refractivity contribution in [2.45, 2.75) is 51.9 Å². The Labute approximate surface area is 88.1 Å². The highest BCUT2D eigenvalue weighted by molar-refractivity contribution is 5.24. The van der Waals surface area contributed by atoms with Crippen LogP contribution in [0.15, 0.2) is 23.8 Å². The fourth-order valence-electron chi connectivity index (χ4n) is 2.93. The molecule has 2 aliphatic carbocycles. The van der Waals surface area contributed by atoms with E-state index in [1.165, 1.54) is 44.9 Å². The fourth-order valence-corrected chi connectivity index (χ4v) is 2.93. The Morgan fingerprint density at radius 3 is 3.07 bits per heavy atom. The molecular formula is C14H22. The SMILES string of the molecule is CCCCCC1CC2=CC=CCC2C1. The van der Waals surface area contributed by atoms with Gasteiger partial charge in [0.15, 0.2) is 0 Å². The van der Waals surface area contributed by atoms with E-state index in [1.54, 1.807) is 5.57 Å². The summed E-state index contributed by atoms with van der Waals surface area (Å²) >= 11 is 0. The number of unbranched alkanes of at least 4 members (excludes halogenated alkanes) is 2. The molecule has 2 rings (SSSR count). The number of fused-ring (bicyclic) bond motifs is 1. The first-order chi connectivity index (χ1) is 6.90. The number of rotatable bonds is 4. The van der Waals surface area contributed by atoms with Crippen LogP contribution in [-0.2, 0) is 0 Å². The second-order valence-corrected chi connectivity index (χ2v) is 4.90. The van der Waals surface area contributed by atoms with Crippen molar-refractivity contribution in [3.05, 3.63) is 23.8 Å². The molecule has 0 saturated heterocycles. The minimum absolute atomic E-state index is 0.923. The predicted molar refractivity (Wildman–Crippen MR) is 62.2 cm³/mol. The molecule has 0 aromatic rings. The molecule has 0 aliphatic heterocycles. The summed E-state index contributed by atoms with van der Waals surface area (Å²) in [6.07, 6.45) is 16.9. The van der Waals surface area contributed by atoms with Gasteiger partial charge in [0.1, 0.15) is 0 Å². The second kappa shape index (κ2) is 4.82. The van der Waals surface area contributed by atoms with Gasteiger partial charge in [0.2, 0.25) is 0 Å². The van der Waals surface area contributed by atoms with Crippen LogP contribution in [0.2, 0.25) is 0 Å². The van der Waals surface area contributed by atoms with Crippen LogP contribution in [0.4, 0.5) is 0 Å². The maximum absolute atomic E-state index is 2.37. The molecule has 0 radical (unpaired) electrons. The number of allylic oxidation sites excluding steroid dienone is 4. The summed E-state index contributed by atoms with van der Waals surface area (Å²) in [6, 6.07) is 0. The van der Waals surface area contributed by atoms with Gasteiger partial charge in [-0.25, -0.2) is 0 Å². The number of hydrogen-bond acceptors (Lipinski definition) is 0. The van der Waals surface area contributed by atoms with Gasteiger partial charge in [-0.2, -0.15) is 0 Å². The smallest absolute Gasteiger partial charge is 0.0163 e. The quantitative estimate of drug-likeness (QED) is 0.573. The molecule has 0 spiro atoms. The van der Waals surface area contributed by atoms with Gasteiger partial charge in [0.25, 0.3) is 0 Å². The van der Waals surface area contributed by atoms with Gasteiger partial charge in [-0.15, -0.1) is 0 Å². The molecule has 0 heteroatoms. The molecule has 0 nitrogen and oxygen atoms in total. The second-order valence-electron chi connectivity index (χ2n) is 4.90. The standard InChI is InChI=1S/C14H22/c1-2-3-4-7-12-10-13-8-5-6-9-14(13)11-12/h5-6,8,12,14H,2-4,7,9-11H2,1H3. The van der Waals surface area contributed by atoms with Gasteiger partial charge in [-0.1, -0.05) is 56.4 Å². The Morgan fingerprint density at radius 2 is 2.29 bits per heavy atom. The van der Waals surface area contributed by atoms with E-state index in [2.05, 4.69) is 25.2 Å². The molecule has 0 N–H and O–H groups in total. The van der Waals surface area contributed by atoms with Crippen LogP contribution in [-0.4, -0.2) is 0 Å². The third-order valence-electron chi connectivity index (χ3n) is 3.75. The summed E-state index contributed by atoms with van der Waals surface area (Å²) in [4.78, 5) is 0. The van der Waals surface area contributed by atoms with Crippen molar-refractivity contribution in [1.29, 1.82) is 0 Å². The highest BCUT2D eigenvalue weighted by Gasteiger charge is 2.28. The van der Waals surface area contributed by atoms with Crippen molar-refractivity contribution >= 4 is 0 Å². The Hall–Kier alpha value is -0.520. The highest BCUT2D eigenvalue weighted by Crippen LogP contribution is 2.41. The summed E-state index contributed by atoms with van der Waals surface area (Å²) < 4.78 is 0. The van der Waals surface area contributed by atoms with E-state index < -0.39 is 0 Å². The third-order valence-corrected chi connectivity index (χ3v) is 3.75. The Bertz CT molecular complexity index is 234. The maximum Gasteiger partial charge on any atom is -0.0163 e. The molecule has 2 unspecified atom stereocenters. The Kier molecular flexibility index (Phi) is 3.44. The van der Waals surface area contributed by atoms with Crippen molar-refractivity contribution in [3.8, 4) is 0 Å². The molecule has 2 aliphatic rings. The van der Waals surface area contributed by atoms with E-state index >= 15 is 0 Å². The first-order valence-corrected chi connectivity index (χ1v) is 6.25. The van der Waals surface area contributed by atoms with Crippen molar-refractivity contribution in [3.63, 3.8) is 0 Å². The zero-order valence-corrected chi connectivity index (χ0v) is 9.34. The molecule has 0 aromatic heterocycles. The van der Waals surface area contributed by atoms with Gasteiger partial charge in [-0.05, 0) is 31.1 Å². The highest BCUT2D eigenvalue weighted by atomic mass is 14.3. The maximum atomic E-state index is 2.37. The van der Waals surface area contributed by atoms with E-state index in [0.29, 0.717) is 0 Å². The molecule has 78 valence electrons. The lowest BCUT2D eigenvalue weighted by molar-refractivity contribution is 0.446. The largest absolute Gasteiger partial charge is 0.0839 e. The normalized spacial score (nSPS) is 30.2. The van der Waals surface area contributed by atoms with Crippen LogP contribution in [0.1, 0.15) is 51.9 Å². The summed E-state index contributed by atoms with van der Waals surface area (Å²) in [7, 11) is 0. The van der Waals surface area contributed by atoms with Crippen LogP contribution in [0.5, 0.6) is 0 Å². The molecular weight excluding hydrogens is 168 g/mol. The lowest BCUT2D eigenvalue weighted by Gasteiger charge is -2.11. The van der Waals surface area contributed by atoms with Crippen molar-refractivity contribution in [1.82, 2.24) is 0 Å². The topological polar surface area (TPSA) is 0 Å². The predicted octanol–water partition coefficient (Wildman–Crippen LogP) is 4.48. The average Bonchev–Trinajstić information content (AvgIpc) is 2.60. The van der Waals surface area contributed by atoms with Gasteiger partial charge in [0, 0.05) is 0 Å². The zero-order valence-electron chi connectivity index (χ0n) is 9.34. The monoisotopic (exact) mass is 190 g/mol. The van der Waals surface area contributed by atoms with Crippen LogP contribution >= 0.6 is 0 Å². The minimum Gasteiger partial charge on any atom is -0.0839 e. The van der Waals surface area contributed by atoms with E-state index in [0.717, 1.165) is 11.8 Å². The van der Waals surface area contributed by atoms with Gasteiger partial charge in [-0.3, -0.25) is 0 Å². The molecule has 1 saturated carbocycles. The lowest BCUT2D eigenvalue weighted by atomic mass is 9.94. The summed E-state index contributed by atoms with van der Waals surface area (Å²) in [5.74, 6) is 1.93. The van der Waals surface area contributed by atoms with Crippen molar-refractivity contribution in [2.75, 3.05) is 0 Å². The van der Waals surface area contributed by atoms with Gasteiger partial charge >= 0.3 is 0 Å². The molecule has 0 amide bonds.